The number of hydrogen-bond acceptors (Lipinski definition) is 4. The van der Waals surface area contributed by atoms with E-state index in [1.54, 1.807) is 12.1 Å². The van der Waals surface area contributed by atoms with Gasteiger partial charge in [0.05, 0.1) is 6.54 Å². The molecule has 19 heavy (non-hydrogen) atoms. The Hall–Kier alpha value is -1.92. The second-order valence-electron chi connectivity index (χ2n) is 4.24. The topological polar surface area (TPSA) is 45.7 Å². The maximum atomic E-state index is 12.2. The van der Waals surface area contributed by atoms with Crippen molar-refractivity contribution in [1.82, 2.24) is 10.6 Å². The van der Waals surface area contributed by atoms with E-state index in [-0.39, 0.29) is 18.3 Å². The molecule has 0 bridgehead atoms. The lowest BCUT2D eigenvalue weighted by molar-refractivity contribution is -0.274. The van der Waals surface area contributed by atoms with Crippen LogP contribution in [-0.2, 0) is 6.54 Å². The van der Waals surface area contributed by atoms with Gasteiger partial charge in [-0.2, -0.15) is 0 Å². The minimum absolute atomic E-state index is 0.200. The Morgan fingerprint density at radius 1 is 1.42 bits per heavy atom. The first kappa shape index (κ1) is 13.5. The van der Waals surface area contributed by atoms with Gasteiger partial charge in [-0.05, 0) is 13.0 Å². The molecule has 104 valence electrons. The number of nitrogens with one attached hydrogen (secondary N) is 2. The minimum atomic E-state index is -4.69. The van der Waals surface area contributed by atoms with E-state index in [2.05, 4.69) is 20.4 Å². The Balaban J connectivity index is 2.00. The summed E-state index contributed by atoms with van der Waals surface area (Å²) >= 11 is 0. The number of benzene rings is 1. The predicted molar refractivity (Wildman–Crippen MR) is 64.9 cm³/mol. The smallest absolute Gasteiger partial charge is 0.405 e. The Morgan fingerprint density at radius 2 is 2.16 bits per heavy atom. The SMILES string of the molecule is CC1CN=C(NCc2ccccc2OC(F)(F)F)N1. The molecule has 0 aliphatic carbocycles. The fraction of sp³-hybridized carbons (Fsp3) is 0.417. The van der Waals surface area contributed by atoms with Crippen molar-refractivity contribution >= 4 is 5.96 Å². The molecule has 1 heterocycles. The monoisotopic (exact) mass is 273 g/mol. The van der Waals surface area contributed by atoms with Gasteiger partial charge in [-0.15, -0.1) is 13.2 Å². The van der Waals surface area contributed by atoms with E-state index in [9.17, 15) is 13.2 Å². The van der Waals surface area contributed by atoms with E-state index < -0.39 is 6.36 Å². The van der Waals surface area contributed by atoms with Crippen LogP contribution in [0.4, 0.5) is 13.2 Å². The number of para-hydroxylation sites is 1. The van der Waals surface area contributed by atoms with Gasteiger partial charge in [0.1, 0.15) is 5.75 Å². The molecule has 0 aromatic heterocycles. The summed E-state index contributed by atoms with van der Waals surface area (Å²) in [6.07, 6.45) is -4.69. The molecule has 0 saturated heterocycles. The maximum absolute atomic E-state index is 12.2. The molecule has 7 heteroatoms. The van der Waals surface area contributed by atoms with Gasteiger partial charge in [-0.3, -0.25) is 4.99 Å². The predicted octanol–water partition coefficient (Wildman–Crippen LogP) is 2.02. The number of nitrogens with zero attached hydrogens (tertiary/aromatic N) is 1. The van der Waals surface area contributed by atoms with E-state index in [0.29, 0.717) is 18.1 Å². The lowest BCUT2D eigenvalue weighted by Gasteiger charge is -2.14. The second-order valence-corrected chi connectivity index (χ2v) is 4.24. The van der Waals surface area contributed by atoms with Gasteiger partial charge in [0.25, 0.3) is 0 Å². The Kier molecular flexibility index (Phi) is 3.82. The van der Waals surface area contributed by atoms with Crippen molar-refractivity contribution in [3.8, 4) is 5.75 Å². The van der Waals surface area contributed by atoms with E-state index >= 15 is 0 Å². The Morgan fingerprint density at radius 3 is 2.79 bits per heavy atom. The summed E-state index contributed by atoms with van der Waals surface area (Å²) < 4.78 is 40.7. The van der Waals surface area contributed by atoms with Crippen LogP contribution >= 0.6 is 0 Å². The number of rotatable bonds is 3. The third-order valence-electron chi connectivity index (χ3n) is 2.55. The van der Waals surface area contributed by atoms with Crippen LogP contribution in [0, 0.1) is 0 Å². The molecule has 2 rings (SSSR count). The third kappa shape index (κ3) is 4.04. The van der Waals surface area contributed by atoms with E-state index in [1.807, 2.05) is 6.92 Å². The summed E-state index contributed by atoms with van der Waals surface area (Å²) in [6.45, 7) is 2.84. The fourth-order valence-corrected chi connectivity index (χ4v) is 1.71. The van der Waals surface area contributed by atoms with Crippen LogP contribution in [0.15, 0.2) is 29.3 Å². The molecule has 0 fully saturated rings. The van der Waals surface area contributed by atoms with Crippen molar-refractivity contribution in [3.63, 3.8) is 0 Å². The number of guanidine groups is 1. The molecule has 4 nitrogen and oxygen atoms in total. The molecule has 1 unspecified atom stereocenters. The van der Waals surface area contributed by atoms with Crippen LogP contribution in [0.25, 0.3) is 0 Å². The van der Waals surface area contributed by atoms with Crippen LogP contribution in [0.5, 0.6) is 5.75 Å². The van der Waals surface area contributed by atoms with Crippen molar-refractivity contribution in [2.75, 3.05) is 6.54 Å². The molecule has 1 aliphatic rings. The van der Waals surface area contributed by atoms with Crippen LogP contribution < -0.4 is 15.4 Å². The van der Waals surface area contributed by atoms with Crippen LogP contribution in [0.3, 0.4) is 0 Å². The quantitative estimate of drug-likeness (QED) is 0.885. The van der Waals surface area contributed by atoms with Crippen LogP contribution in [0.2, 0.25) is 0 Å². The molecule has 1 aliphatic heterocycles. The molecular weight excluding hydrogens is 259 g/mol. The number of hydrogen-bond donors (Lipinski definition) is 2. The average molecular weight is 273 g/mol. The summed E-state index contributed by atoms with van der Waals surface area (Å²) in [5.41, 5.74) is 0.420. The zero-order valence-corrected chi connectivity index (χ0v) is 10.3. The standard InChI is InChI=1S/C12H14F3N3O/c1-8-6-16-11(18-8)17-7-9-4-2-3-5-10(9)19-12(13,14)15/h2-5,8H,6-7H2,1H3,(H2,16,17,18). The van der Waals surface area contributed by atoms with Crippen molar-refractivity contribution in [1.29, 1.82) is 0 Å². The van der Waals surface area contributed by atoms with Gasteiger partial charge in [0.2, 0.25) is 0 Å². The molecule has 1 aromatic rings. The molecule has 2 N–H and O–H groups in total. The highest BCUT2D eigenvalue weighted by Gasteiger charge is 2.31. The highest BCUT2D eigenvalue weighted by molar-refractivity contribution is 5.81. The summed E-state index contributed by atoms with van der Waals surface area (Å²) in [5.74, 6) is 0.392. The zero-order chi connectivity index (χ0) is 13.9. The summed E-state index contributed by atoms with van der Waals surface area (Å²) in [7, 11) is 0. The molecule has 0 saturated carbocycles. The summed E-state index contributed by atoms with van der Waals surface area (Å²) in [4.78, 5) is 4.17. The first-order chi connectivity index (χ1) is 8.94. The normalized spacial score (nSPS) is 18.7. The summed E-state index contributed by atoms with van der Waals surface area (Å²) in [5, 5.41) is 6.01. The molecule has 1 atom stereocenters. The Bertz CT molecular complexity index is 474. The fourth-order valence-electron chi connectivity index (χ4n) is 1.71. The largest absolute Gasteiger partial charge is 0.573 e. The van der Waals surface area contributed by atoms with Crippen molar-refractivity contribution in [2.45, 2.75) is 25.9 Å². The molecule has 1 aromatic carbocycles. The highest BCUT2D eigenvalue weighted by atomic mass is 19.4. The molecule has 0 spiro atoms. The summed E-state index contributed by atoms with van der Waals surface area (Å²) in [6, 6.07) is 6.26. The van der Waals surface area contributed by atoms with E-state index in [0.717, 1.165) is 0 Å². The van der Waals surface area contributed by atoms with Crippen molar-refractivity contribution in [2.24, 2.45) is 4.99 Å². The molecular formula is C12H14F3N3O. The van der Waals surface area contributed by atoms with Crippen LogP contribution in [0.1, 0.15) is 12.5 Å². The highest BCUT2D eigenvalue weighted by Crippen LogP contribution is 2.26. The first-order valence-corrected chi connectivity index (χ1v) is 5.82. The van der Waals surface area contributed by atoms with Crippen molar-refractivity contribution < 1.29 is 17.9 Å². The first-order valence-electron chi connectivity index (χ1n) is 5.82. The van der Waals surface area contributed by atoms with Crippen molar-refractivity contribution in [3.05, 3.63) is 29.8 Å². The minimum Gasteiger partial charge on any atom is -0.405 e. The number of aliphatic imine (C=N–C) groups is 1. The Labute approximate surface area is 108 Å². The molecule has 0 radical (unpaired) electrons. The number of halogens is 3. The second kappa shape index (κ2) is 5.38. The number of alkyl halides is 3. The zero-order valence-electron chi connectivity index (χ0n) is 10.3. The van der Waals surface area contributed by atoms with E-state index in [1.165, 1.54) is 12.1 Å². The maximum Gasteiger partial charge on any atom is 0.573 e. The van der Waals surface area contributed by atoms with Gasteiger partial charge >= 0.3 is 6.36 Å². The lowest BCUT2D eigenvalue weighted by atomic mass is 10.2. The van der Waals surface area contributed by atoms with E-state index in [4.69, 9.17) is 0 Å². The lowest BCUT2D eigenvalue weighted by Crippen LogP contribution is -2.37. The average Bonchev–Trinajstić information content (AvgIpc) is 2.72. The van der Waals surface area contributed by atoms with Crippen LogP contribution in [-0.4, -0.2) is 24.9 Å². The van der Waals surface area contributed by atoms with Gasteiger partial charge in [0.15, 0.2) is 5.96 Å². The van der Waals surface area contributed by atoms with Gasteiger partial charge < -0.3 is 15.4 Å². The van der Waals surface area contributed by atoms with Gasteiger partial charge in [0, 0.05) is 18.2 Å². The third-order valence-corrected chi connectivity index (χ3v) is 2.55. The number of ether oxygens (including phenoxy) is 1. The van der Waals surface area contributed by atoms with Gasteiger partial charge in [-0.1, -0.05) is 18.2 Å². The molecule has 0 amide bonds. The van der Waals surface area contributed by atoms with Gasteiger partial charge in [-0.25, -0.2) is 0 Å².